The van der Waals surface area contributed by atoms with Gasteiger partial charge >= 0.3 is 0 Å². The smallest absolute Gasteiger partial charge is 0.252 e. The summed E-state index contributed by atoms with van der Waals surface area (Å²) in [5.74, 6) is -0.405. The first-order chi connectivity index (χ1) is 8.15. The fourth-order valence-electron chi connectivity index (χ4n) is 1.32. The summed E-state index contributed by atoms with van der Waals surface area (Å²) in [4.78, 5) is 11.7. The van der Waals surface area contributed by atoms with Crippen molar-refractivity contribution in [2.24, 2.45) is 0 Å². The molecule has 0 bridgehead atoms. The Morgan fingerprint density at radius 2 is 2.06 bits per heavy atom. The van der Waals surface area contributed by atoms with Gasteiger partial charge < -0.3 is 5.32 Å². The van der Waals surface area contributed by atoms with Crippen LogP contribution in [0.1, 0.15) is 15.9 Å². The second-order valence-electron chi connectivity index (χ2n) is 3.45. The monoisotopic (exact) mass is 313 g/mol. The van der Waals surface area contributed by atoms with Gasteiger partial charge in [0, 0.05) is 11.9 Å². The average Bonchev–Trinajstić information content (AvgIpc) is 2.75. The molecule has 0 unspecified atom stereocenters. The first-order valence-corrected chi connectivity index (χ1v) is 6.59. The summed E-state index contributed by atoms with van der Waals surface area (Å²) >= 11 is 4.76. The molecule has 17 heavy (non-hydrogen) atoms. The van der Waals surface area contributed by atoms with Gasteiger partial charge in [-0.25, -0.2) is 4.39 Å². The van der Waals surface area contributed by atoms with Crippen LogP contribution >= 0.6 is 27.3 Å². The summed E-state index contributed by atoms with van der Waals surface area (Å²) < 4.78 is 13.6. The first-order valence-electron chi connectivity index (χ1n) is 4.92. The van der Waals surface area contributed by atoms with Crippen LogP contribution in [0.5, 0.6) is 0 Å². The van der Waals surface area contributed by atoms with Gasteiger partial charge in [0.05, 0.1) is 9.35 Å². The zero-order chi connectivity index (χ0) is 12.3. The summed E-state index contributed by atoms with van der Waals surface area (Å²) in [7, 11) is 0. The van der Waals surface area contributed by atoms with Gasteiger partial charge in [0.1, 0.15) is 5.82 Å². The lowest BCUT2D eigenvalue weighted by atomic mass is 10.2. The van der Waals surface area contributed by atoms with Crippen molar-refractivity contribution in [2.45, 2.75) is 6.54 Å². The van der Waals surface area contributed by atoms with Crippen LogP contribution in [0.15, 0.2) is 39.5 Å². The highest BCUT2D eigenvalue weighted by Gasteiger charge is 2.07. The zero-order valence-electron chi connectivity index (χ0n) is 8.74. The Morgan fingerprint density at radius 1 is 1.35 bits per heavy atom. The van der Waals surface area contributed by atoms with Crippen LogP contribution in [0.2, 0.25) is 0 Å². The van der Waals surface area contributed by atoms with Crippen LogP contribution in [-0.2, 0) is 6.54 Å². The van der Waals surface area contributed by atoms with E-state index in [0.29, 0.717) is 12.1 Å². The molecule has 88 valence electrons. The molecular weight excluding hydrogens is 305 g/mol. The molecule has 2 aromatic rings. The van der Waals surface area contributed by atoms with Crippen molar-refractivity contribution in [1.29, 1.82) is 0 Å². The third kappa shape index (κ3) is 3.38. The molecule has 0 saturated carbocycles. The van der Waals surface area contributed by atoms with Crippen molar-refractivity contribution in [1.82, 2.24) is 5.32 Å². The molecule has 1 N–H and O–H groups in total. The molecule has 0 atom stereocenters. The van der Waals surface area contributed by atoms with Crippen molar-refractivity contribution >= 4 is 33.2 Å². The van der Waals surface area contributed by atoms with Crippen molar-refractivity contribution < 1.29 is 9.18 Å². The lowest BCUT2D eigenvalue weighted by Gasteiger charge is -2.03. The maximum atomic E-state index is 12.7. The number of rotatable bonds is 3. The number of hydrogen-bond acceptors (Lipinski definition) is 2. The number of benzene rings is 1. The van der Waals surface area contributed by atoms with Crippen LogP contribution in [0.4, 0.5) is 4.39 Å². The van der Waals surface area contributed by atoms with Crippen LogP contribution in [-0.4, -0.2) is 5.91 Å². The molecule has 1 amide bonds. The summed E-state index contributed by atoms with van der Waals surface area (Å²) in [5.41, 5.74) is 1.50. The van der Waals surface area contributed by atoms with E-state index in [1.165, 1.54) is 23.5 Å². The minimum absolute atomic E-state index is 0.128. The van der Waals surface area contributed by atoms with Crippen molar-refractivity contribution in [3.63, 3.8) is 0 Å². The lowest BCUT2D eigenvalue weighted by molar-refractivity contribution is 0.0951. The summed E-state index contributed by atoms with van der Waals surface area (Å²) in [5, 5.41) is 4.55. The van der Waals surface area contributed by atoms with E-state index in [-0.39, 0.29) is 11.7 Å². The Morgan fingerprint density at radius 3 is 2.65 bits per heavy atom. The van der Waals surface area contributed by atoms with E-state index < -0.39 is 0 Å². The fourth-order valence-corrected chi connectivity index (χ4v) is 2.45. The molecule has 2 rings (SSSR count). The van der Waals surface area contributed by atoms with Gasteiger partial charge in [-0.3, -0.25) is 4.79 Å². The standard InChI is InChI=1S/C12H9BrFNOS/c13-11-5-9(7-17-11)12(16)15-6-8-1-3-10(14)4-2-8/h1-5,7H,6H2,(H,15,16). The van der Waals surface area contributed by atoms with E-state index in [0.717, 1.165) is 9.35 Å². The third-order valence-corrected chi connectivity index (χ3v) is 3.70. The highest BCUT2D eigenvalue weighted by molar-refractivity contribution is 9.11. The lowest BCUT2D eigenvalue weighted by Crippen LogP contribution is -2.22. The molecule has 0 fully saturated rings. The van der Waals surface area contributed by atoms with Gasteiger partial charge in [-0.05, 0) is 39.7 Å². The molecule has 1 aromatic carbocycles. The van der Waals surface area contributed by atoms with E-state index in [4.69, 9.17) is 0 Å². The minimum Gasteiger partial charge on any atom is -0.348 e. The molecule has 1 aromatic heterocycles. The predicted octanol–water partition coefficient (Wildman–Crippen LogP) is 3.58. The number of nitrogens with one attached hydrogen (secondary N) is 1. The molecule has 0 radical (unpaired) electrons. The zero-order valence-corrected chi connectivity index (χ0v) is 11.1. The van der Waals surface area contributed by atoms with Gasteiger partial charge in [-0.1, -0.05) is 12.1 Å². The van der Waals surface area contributed by atoms with Crippen molar-refractivity contribution in [3.05, 3.63) is 56.4 Å². The number of hydrogen-bond donors (Lipinski definition) is 1. The summed E-state index contributed by atoms with van der Waals surface area (Å²) in [6.07, 6.45) is 0. The Labute approximate surface area is 111 Å². The minimum atomic E-state index is -0.276. The maximum absolute atomic E-state index is 12.7. The molecule has 0 aliphatic carbocycles. The van der Waals surface area contributed by atoms with Crippen LogP contribution in [0, 0.1) is 5.82 Å². The molecule has 0 aliphatic heterocycles. The Hall–Kier alpha value is -1.20. The van der Waals surface area contributed by atoms with Crippen LogP contribution in [0.3, 0.4) is 0 Å². The van der Waals surface area contributed by atoms with Crippen LogP contribution in [0.25, 0.3) is 0 Å². The van der Waals surface area contributed by atoms with Gasteiger partial charge in [0.2, 0.25) is 0 Å². The topological polar surface area (TPSA) is 29.1 Å². The maximum Gasteiger partial charge on any atom is 0.252 e. The quantitative estimate of drug-likeness (QED) is 0.922. The number of thiophene rings is 1. The normalized spacial score (nSPS) is 10.2. The van der Waals surface area contributed by atoms with E-state index in [1.807, 2.05) is 0 Å². The molecule has 2 nitrogen and oxygen atoms in total. The van der Waals surface area contributed by atoms with E-state index in [9.17, 15) is 9.18 Å². The SMILES string of the molecule is O=C(NCc1ccc(F)cc1)c1csc(Br)c1. The van der Waals surface area contributed by atoms with E-state index >= 15 is 0 Å². The largest absolute Gasteiger partial charge is 0.348 e. The fraction of sp³-hybridized carbons (Fsp3) is 0.0833. The average molecular weight is 314 g/mol. The second kappa shape index (κ2) is 5.42. The number of halogens is 2. The van der Waals surface area contributed by atoms with Crippen molar-refractivity contribution in [3.8, 4) is 0 Å². The third-order valence-electron chi connectivity index (χ3n) is 2.20. The highest BCUT2D eigenvalue weighted by Crippen LogP contribution is 2.20. The molecule has 0 saturated heterocycles. The molecular formula is C12H9BrFNOS. The predicted molar refractivity (Wildman–Crippen MR) is 69.6 cm³/mol. The summed E-state index contributed by atoms with van der Waals surface area (Å²) in [6, 6.07) is 7.83. The van der Waals surface area contributed by atoms with Gasteiger partial charge in [-0.2, -0.15) is 0 Å². The molecule has 1 heterocycles. The van der Waals surface area contributed by atoms with E-state index in [1.54, 1.807) is 23.6 Å². The molecule has 0 aliphatic rings. The molecule has 0 spiro atoms. The number of carbonyl (C=O) groups excluding carboxylic acids is 1. The first kappa shape index (κ1) is 12.3. The number of carbonyl (C=O) groups is 1. The van der Waals surface area contributed by atoms with Gasteiger partial charge in [0.25, 0.3) is 5.91 Å². The van der Waals surface area contributed by atoms with Crippen molar-refractivity contribution in [2.75, 3.05) is 0 Å². The Bertz CT molecular complexity index is 524. The van der Waals surface area contributed by atoms with Crippen LogP contribution < -0.4 is 5.32 Å². The molecule has 5 heteroatoms. The Kier molecular flexibility index (Phi) is 3.91. The number of amides is 1. The van der Waals surface area contributed by atoms with Gasteiger partial charge in [0.15, 0.2) is 0 Å². The van der Waals surface area contributed by atoms with E-state index in [2.05, 4.69) is 21.2 Å². The second-order valence-corrected chi connectivity index (χ2v) is 5.74. The Balaban J connectivity index is 1.94. The van der Waals surface area contributed by atoms with Gasteiger partial charge in [-0.15, -0.1) is 11.3 Å². The highest BCUT2D eigenvalue weighted by atomic mass is 79.9. The summed E-state index contributed by atoms with van der Waals surface area (Å²) in [6.45, 7) is 0.395.